The van der Waals surface area contributed by atoms with E-state index in [4.69, 9.17) is 5.73 Å². The highest BCUT2D eigenvalue weighted by Crippen LogP contribution is 2.20. The van der Waals surface area contributed by atoms with Gasteiger partial charge in [-0.05, 0) is 38.6 Å². The zero-order chi connectivity index (χ0) is 13.5. The first kappa shape index (κ1) is 14.5. The molecule has 18 heavy (non-hydrogen) atoms. The van der Waals surface area contributed by atoms with E-state index in [1.54, 1.807) is 0 Å². The molecule has 0 saturated carbocycles. The Bertz CT molecular complexity index is 392. The topological polar surface area (TPSA) is 58.4 Å². The van der Waals surface area contributed by atoms with E-state index in [0.29, 0.717) is 13.0 Å². The van der Waals surface area contributed by atoms with Crippen LogP contribution < -0.4 is 11.1 Å². The summed E-state index contributed by atoms with van der Waals surface area (Å²) in [7, 11) is 2.02. The van der Waals surface area contributed by atoms with E-state index < -0.39 is 0 Å². The molecule has 0 saturated heterocycles. The first-order valence-electron chi connectivity index (χ1n) is 6.37. The second kappa shape index (κ2) is 7.01. The smallest absolute Gasteiger partial charge is 0.221 e. The maximum atomic E-state index is 11.4. The number of carbonyl (C=O) groups excluding carboxylic acids is 1. The standard InChI is InChI=1S/C14H23N3O/c1-4-16-14(18)8-9-17(3)11(2)12-6-5-7-13(15)10-12/h5-7,10-11H,4,8-9,15H2,1-3H3,(H,16,18). The average molecular weight is 249 g/mol. The fraction of sp³-hybridized carbons (Fsp3) is 0.500. The Balaban J connectivity index is 2.51. The van der Waals surface area contributed by atoms with E-state index in [9.17, 15) is 4.79 Å². The maximum absolute atomic E-state index is 11.4. The number of anilines is 1. The predicted octanol–water partition coefficient (Wildman–Crippen LogP) is 1.79. The number of amides is 1. The van der Waals surface area contributed by atoms with Crippen molar-refractivity contribution in [3.63, 3.8) is 0 Å². The SMILES string of the molecule is CCNC(=O)CCN(C)C(C)c1cccc(N)c1. The molecule has 1 aromatic carbocycles. The van der Waals surface area contributed by atoms with Crippen LogP contribution >= 0.6 is 0 Å². The molecule has 100 valence electrons. The summed E-state index contributed by atoms with van der Waals surface area (Å²) in [5.74, 6) is 0.101. The fourth-order valence-corrected chi connectivity index (χ4v) is 1.83. The molecule has 4 heteroatoms. The van der Waals surface area contributed by atoms with Crippen LogP contribution in [-0.4, -0.2) is 30.9 Å². The number of rotatable bonds is 6. The predicted molar refractivity (Wildman–Crippen MR) is 75.2 cm³/mol. The molecule has 1 unspecified atom stereocenters. The zero-order valence-electron chi connectivity index (χ0n) is 11.4. The quantitative estimate of drug-likeness (QED) is 0.756. The van der Waals surface area contributed by atoms with Gasteiger partial charge in [0.25, 0.3) is 0 Å². The molecule has 1 atom stereocenters. The number of nitrogens with two attached hydrogens (primary N) is 1. The number of nitrogens with zero attached hydrogens (tertiary/aromatic N) is 1. The largest absolute Gasteiger partial charge is 0.399 e. The Morgan fingerprint density at radius 3 is 2.83 bits per heavy atom. The van der Waals surface area contributed by atoms with E-state index in [1.165, 1.54) is 5.56 Å². The molecular weight excluding hydrogens is 226 g/mol. The molecule has 3 N–H and O–H groups in total. The van der Waals surface area contributed by atoms with E-state index in [0.717, 1.165) is 12.2 Å². The summed E-state index contributed by atoms with van der Waals surface area (Å²) in [5.41, 5.74) is 7.72. The van der Waals surface area contributed by atoms with Crippen LogP contribution in [0.5, 0.6) is 0 Å². The van der Waals surface area contributed by atoms with E-state index in [-0.39, 0.29) is 11.9 Å². The van der Waals surface area contributed by atoms with Gasteiger partial charge in [-0.1, -0.05) is 12.1 Å². The molecule has 0 spiro atoms. The van der Waals surface area contributed by atoms with Gasteiger partial charge in [0.15, 0.2) is 0 Å². The second-order valence-corrected chi connectivity index (χ2v) is 4.53. The molecule has 4 nitrogen and oxygen atoms in total. The average Bonchev–Trinajstić information content (AvgIpc) is 2.35. The van der Waals surface area contributed by atoms with E-state index >= 15 is 0 Å². The van der Waals surface area contributed by atoms with Crippen LogP contribution in [0.15, 0.2) is 24.3 Å². The van der Waals surface area contributed by atoms with Gasteiger partial charge in [-0.3, -0.25) is 9.69 Å². The maximum Gasteiger partial charge on any atom is 0.221 e. The van der Waals surface area contributed by atoms with Crippen molar-refractivity contribution >= 4 is 11.6 Å². The third kappa shape index (κ3) is 4.37. The Morgan fingerprint density at radius 2 is 2.22 bits per heavy atom. The lowest BCUT2D eigenvalue weighted by Gasteiger charge is -2.25. The lowest BCUT2D eigenvalue weighted by Crippen LogP contribution is -2.30. The van der Waals surface area contributed by atoms with Crippen molar-refractivity contribution in [2.24, 2.45) is 0 Å². The number of nitrogens with one attached hydrogen (secondary N) is 1. The fourth-order valence-electron chi connectivity index (χ4n) is 1.83. The summed E-state index contributed by atoms with van der Waals surface area (Å²) in [6.45, 7) is 5.47. The first-order valence-corrected chi connectivity index (χ1v) is 6.37. The first-order chi connectivity index (χ1) is 8.54. The van der Waals surface area contributed by atoms with Crippen LogP contribution in [0, 0.1) is 0 Å². The monoisotopic (exact) mass is 249 g/mol. The Labute approximate surface area is 109 Å². The van der Waals surface area contributed by atoms with E-state index in [1.807, 2.05) is 32.2 Å². The number of benzene rings is 1. The lowest BCUT2D eigenvalue weighted by molar-refractivity contribution is -0.121. The summed E-state index contributed by atoms with van der Waals surface area (Å²) in [6, 6.07) is 8.13. The van der Waals surface area contributed by atoms with Crippen LogP contribution in [0.1, 0.15) is 31.9 Å². The van der Waals surface area contributed by atoms with Crippen molar-refractivity contribution in [2.45, 2.75) is 26.3 Å². The molecule has 0 aliphatic carbocycles. The van der Waals surface area contributed by atoms with Gasteiger partial charge in [-0.25, -0.2) is 0 Å². The zero-order valence-corrected chi connectivity index (χ0v) is 11.4. The third-order valence-electron chi connectivity index (χ3n) is 3.12. The van der Waals surface area contributed by atoms with Gasteiger partial charge < -0.3 is 11.1 Å². The van der Waals surface area contributed by atoms with Gasteiger partial charge in [-0.2, -0.15) is 0 Å². The minimum Gasteiger partial charge on any atom is -0.399 e. The van der Waals surface area contributed by atoms with Crippen LogP contribution in [0.3, 0.4) is 0 Å². The van der Waals surface area contributed by atoms with Gasteiger partial charge in [0.05, 0.1) is 0 Å². The highest BCUT2D eigenvalue weighted by atomic mass is 16.1. The van der Waals surface area contributed by atoms with Crippen molar-refractivity contribution in [2.75, 3.05) is 25.9 Å². The van der Waals surface area contributed by atoms with Crippen molar-refractivity contribution in [1.82, 2.24) is 10.2 Å². The number of carbonyl (C=O) groups is 1. The molecule has 1 rings (SSSR count). The third-order valence-corrected chi connectivity index (χ3v) is 3.12. The van der Waals surface area contributed by atoms with E-state index in [2.05, 4.69) is 23.2 Å². The Kier molecular flexibility index (Phi) is 5.65. The Hall–Kier alpha value is -1.55. The van der Waals surface area contributed by atoms with Crippen molar-refractivity contribution in [1.29, 1.82) is 0 Å². The lowest BCUT2D eigenvalue weighted by atomic mass is 10.1. The molecular formula is C14H23N3O. The minimum absolute atomic E-state index is 0.101. The second-order valence-electron chi connectivity index (χ2n) is 4.53. The molecule has 0 fully saturated rings. The highest BCUT2D eigenvalue weighted by molar-refractivity contribution is 5.75. The summed E-state index contributed by atoms with van der Waals surface area (Å²) in [4.78, 5) is 13.6. The summed E-state index contributed by atoms with van der Waals surface area (Å²) >= 11 is 0. The molecule has 0 bridgehead atoms. The highest BCUT2D eigenvalue weighted by Gasteiger charge is 2.12. The van der Waals surface area contributed by atoms with Crippen LogP contribution in [0.25, 0.3) is 0 Å². The summed E-state index contributed by atoms with van der Waals surface area (Å²) in [5, 5.41) is 2.80. The van der Waals surface area contributed by atoms with Crippen LogP contribution in [0.4, 0.5) is 5.69 Å². The molecule has 0 aliphatic heterocycles. The molecule has 1 aromatic rings. The van der Waals surface area contributed by atoms with Gasteiger partial charge in [0.2, 0.25) is 5.91 Å². The molecule has 1 amide bonds. The van der Waals surface area contributed by atoms with Crippen molar-refractivity contribution in [3.05, 3.63) is 29.8 Å². The van der Waals surface area contributed by atoms with Crippen LogP contribution in [-0.2, 0) is 4.79 Å². The normalized spacial score (nSPS) is 12.4. The van der Waals surface area contributed by atoms with Gasteiger partial charge in [0, 0.05) is 31.2 Å². The molecule has 0 heterocycles. The van der Waals surface area contributed by atoms with Gasteiger partial charge in [-0.15, -0.1) is 0 Å². The summed E-state index contributed by atoms with van der Waals surface area (Å²) in [6.07, 6.45) is 0.525. The number of nitrogen functional groups attached to an aromatic ring is 1. The minimum atomic E-state index is 0.101. The number of hydrogen-bond donors (Lipinski definition) is 2. The van der Waals surface area contributed by atoms with Gasteiger partial charge in [0.1, 0.15) is 0 Å². The Morgan fingerprint density at radius 1 is 1.50 bits per heavy atom. The van der Waals surface area contributed by atoms with Crippen molar-refractivity contribution in [3.8, 4) is 0 Å². The molecule has 0 aliphatic rings. The van der Waals surface area contributed by atoms with Crippen molar-refractivity contribution < 1.29 is 4.79 Å². The van der Waals surface area contributed by atoms with Crippen LogP contribution in [0.2, 0.25) is 0 Å². The summed E-state index contributed by atoms with van der Waals surface area (Å²) < 4.78 is 0. The molecule has 0 radical (unpaired) electrons. The van der Waals surface area contributed by atoms with Gasteiger partial charge >= 0.3 is 0 Å². The number of hydrogen-bond acceptors (Lipinski definition) is 3. The molecule has 0 aromatic heterocycles.